The maximum Gasteiger partial charge on any atom is 0.325 e. The highest BCUT2D eigenvalue weighted by atomic mass is 16.4. The van der Waals surface area contributed by atoms with Crippen LogP contribution in [0.3, 0.4) is 0 Å². The van der Waals surface area contributed by atoms with Gasteiger partial charge in [0.15, 0.2) is 0 Å². The molecule has 1 heterocycles. The quantitative estimate of drug-likeness (QED) is 0.306. The summed E-state index contributed by atoms with van der Waals surface area (Å²) in [6.45, 7) is 3.07. The third-order valence-electron chi connectivity index (χ3n) is 4.05. The van der Waals surface area contributed by atoms with Crippen LogP contribution in [-0.4, -0.2) is 70.3 Å². The van der Waals surface area contributed by atoms with Gasteiger partial charge < -0.3 is 32.1 Å². The highest BCUT2D eigenvalue weighted by Crippen LogP contribution is 2.18. The number of carboxylic acids is 1. The van der Waals surface area contributed by atoms with E-state index in [-0.39, 0.29) is 6.42 Å². The minimum absolute atomic E-state index is 0.311. The van der Waals surface area contributed by atoms with Crippen molar-refractivity contribution in [1.82, 2.24) is 15.5 Å². The van der Waals surface area contributed by atoms with Gasteiger partial charge in [-0.25, -0.2) is 0 Å². The number of nitrogens with zero attached hydrogens (tertiary/aromatic N) is 1. The van der Waals surface area contributed by atoms with Crippen LogP contribution in [0, 0.1) is 0 Å². The molecular formula is C15H25N5O6. The first kappa shape index (κ1) is 21.4. The minimum Gasteiger partial charge on any atom is -0.480 e. The number of nitrogens with one attached hydrogen (secondary N) is 2. The fourth-order valence-electron chi connectivity index (χ4n) is 2.61. The van der Waals surface area contributed by atoms with E-state index in [0.717, 1.165) is 0 Å². The fourth-order valence-corrected chi connectivity index (χ4v) is 2.61. The molecular weight excluding hydrogens is 346 g/mol. The Morgan fingerprint density at radius 2 is 1.77 bits per heavy atom. The molecule has 4 unspecified atom stereocenters. The lowest BCUT2D eigenvalue weighted by molar-refractivity contribution is -0.144. The van der Waals surface area contributed by atoms with E-state index in [2.05, 4.69) is 10.6 Å². The number of amides is 4. The molecule has 0 aromatic rings. The molecule has 0 saturated carbocycles. The number of carbonyl (C=O) groups excluding carboxylic acids is 4. The summed E-state index contributed by atoms with van der Waals surface area (Å²) in [4.78, 5) is 59.6. The molecule has 7 N–H and O–H groups in total. The molecule has 0 aliphatic carbocycles. The van der Waals surface area contributed by atoms with Gasteiger partial charge in [-0.3, -0.25) is 24.0 Å². The molecule has 0 radical (unpaired) electrons. The van der Waals surface area contributed by atoms with E-state index in [1.54, 1.807) is 0 Å². The summed E-state index contributed by atoms with van der Waals surface area (Å²) in [6.07, 6.45) is 0.619. The Morgan fingerprint density at radius 3 is 2.31 bits per heavy atom. The molecule has 4 atom stereocenters. The van der Waals surface area contributed by atoms with Gasteiger partial charge in [-0.05, 0) is 26.7 Å². The van der Waals surface area contributed by atoms with Crippen LogP contribution in [0.4, 0.5) is 0 Å². The number of hydrogen-bond donors (Lipinski definition) is 5. The molecule has 1 fully saturated rings. The van der Waals surface area contributed by atoms with Crippen molar-refractivity contribution in [3.8, 4) is 0 Å². The molecule has 1 aliphatic heterocycles. The predicted molar refractivity (Wildman–Crippen MR) is 89.4 cm³/mol. The molecule has 0 spiro atoms. The average Bonchev–Trinajstić information content (AvgIpc) is 3.02. The Hall–Kier alpha value is -2.69. The van der Waals surface area contributed by atoms with Gasteiger partial charge in [0.25, 0.3) is 0 Å². The van der Waals surface area contributed by atoms with Crippen LogP contribution in [-0.2, 0) is 24.0 Å². The lowest BCUT2D eigenvalue weighted by Gasteiger charge is -2.28. The molecule has 1 rings (SSSR count). The van der Waals surface area contributed by atoms with Crippen molar-refractivity contribution in [3.05, 3.63) is 0 Å². The maximum absolute atomic E-state index is 12.5. The monoisotopic (exact) mass is 371 g/mol. The topological polar surface area (TPSA) is 185 Å². The van der Waals surface area contributed by atoms with Gasteiger partial charge >= 0.3 is 5.97 Å². The van der Waals surface area contributed by atoms with Crippen LogP contribution in [0.2, 0.25) is 0 Å². The number of aliphatic carboxylic acids is 1. The first-order chi connectivity index (χ1) is 12.0. The summed E-state index contributed by atoms with van der Waals surface area (Å²) in [5.41, 5.74) is 10.5. The molecule has 11 nitrogen and oxygen atoms in total. The third-order valence-corrected chi connectivity index (χ3v) is 4.05. The Kier molecular flexibility index (Phi) is 7.50. The van der Waals surface area contributed by atoms with Gasteiger partial charge in [0, 0.05) is 6.54 Å². The smallest absolute Gasteiger partial charge is 0.325 e. The van der Waals surface area contributed by atoms with E-state index in [0.29, 0.717) is 19.4 Å². The Morgan fingerprint density at radius 1 is 1.15 bits per heavy atom. The highest BCUT2D eigenvalue weighted by Gasteiger charge is 2.37. The lowest BCUT2D eigenvalue weighted by atomic mass is 10.1. The van der Waals surface area contributed by atoms with Gasteiger partial charge in [-0.1, -0.05) is 0 Å². The standard InChI is InChI=1S/C15H25N5O6/c1-7(18-12(22)9(16)6-11(17)21)14(24)20-5-3-4-10(20)13(23)19-8(2)15(25)26/h7-10H,3-6,16H2,1-2H3,(H2,17,21)(H,18,22)(H,19,23)(H,25,26). The second-order valence-electron chi connectivity index (χ2n) is 6.27. The number of rotatable bonds is 8. The molecule has 11 heteroatoms. The normalized spacial score (nSPS) is 20.0. The van der Waals surface area contributed by atoms with Crippen molar-refractivity contribution in [2.45, 2.75) is 57.3 Å². The Balaban J connectivity index is 2.69. The van der Waals surface area contributed by atoms with Gasteiger partial charge in [-0.2, -0.15) is 0 Å². The zero-order chi connectivity index (χ0) is 20.0. The number of carbonyl (C=O) groups is 5. The van der Waals surface area contributed by atoms with Gasteiger partial charge in [0.2, 0.25) is 23.6 Å². The van der Waals surface area contributed by atoms with E-state index < -0.39 is 53.8 Å². The molecule has 0 aromatic heterocycles. The van der Waals surface area contributed by atoms with Crippen LogP contribution < -0.4 is 22.1 Å². The molecule has 26 heavy (non-hydrogen) atoms. The summed E-state index contributed by atoms with van der Waals surface area (Å²) in [7, 11) is 0. The van der Waals surface area contributed by atoms with Crippen molar-refractivity contribution in [3.63, 3.8) is 0 Å². The first-order valence-corrected chi connectivity index (χ1v) is 8.22. The summed E-state index contributed by atoms with van der Waals surface area (Å²) < 4.78 is 0. The van der Waals surface area contributed by atoms with Crippen LogP contribution in [0.25, 0.3) is 0 Å². The highest BCUT2D eigenvalue weighted by molar-refractivity contribution is 5.95. The van der Waals surface area contributed by atoms with Gasteiger partial charge in [0.1, 0.15) is 18.1 Å². The second-order valence-corrected chi connectivity index (χ2v) is 6.27. The van der Waals surface area contributed by atoms with E-state index >= 15 is 0 Å². The molecule has 1 aliphatic rings. The fraction of sp³-hybridized carbons (Fsp3) is 0.667. The minimum atomic E-state index is -1.18. The second kappa shape index (κ2) is 9.13. The SMILES string of the molecule is CC(NC(=O)C1CCCN1C(=O)C(C)NC(=O)C(N)CC(N)=O)C(=O)O. The molecule has 146 valence electrons. The number of primary amides is 1. The zero-order valence-electron chi connectivity index (χ0n) is 14.7. The van der Waals surface area contributed by atoms with Crippen molar-refractivity contribution < 1.29 is 29.1 Å². The maximum atomic E-state index is 12.5. The van der Waals surface area contributed by atoms with Crippen LogP contribution >= 0.6 is 0 Å². The van der Waals surface area contributed by atoms with E-state index in [9.17, 15) is 24.0 Å². The number of hydrogen-bond acceptors (Lipinski definition) is 6. The predicted octanol–water partition coefficient (Wildman–Crippen LogP) is -2.73. The van der Waals surface area contributed by atoms with Crippen molar-refractivity contribution in [1.29, 1.82) is 0 Å². The summed E-state index contributed by atoms with van der Waals surface area (Å²) >= 11 is 0. The molecule has 0 aromatic carbocycles. The van der Waals surface area contributed by atoms with Crippen molar-refractivity contribution in [2.24, 2.45) is 11.5 Å². The summed E-state index contributed by atoms with van der Waals surface area (Å²) in [6, 6.07) is -4.02. The van der Waals surface area contributed by atoms with E-state index in [1.807, 2.05) is 0 Å². The summed E-state index contributed by atoms with van der Waals surface area (Å²) in [5.74, 6) is -3.68. The van der Waals surface area contributed by atoms with Gasteiger partial charge in [0.05, 0.1) is 12.5 Å². The zero-order valence-corrected chi connectivity index (χ0v) is 14.7. The molecule has 4 amide bonds. The lowest BCUT2D eigenvalue weighted by Crippen LogP contribution is -2.55. The third kappa shape index (κ3) is 5.69. The Bertz CT molecular complexity index is 595. The van der Waals surface area contributed by atoms with E-state index in [4.69, 9.17) is 16.6 Å². The van der Waals surface area contributed by atoms with E-state index in [1.165, 1.54) is 18.7 Å². The first-order valence-electron chi connectivity index (χ1n) is 8.22. The molecule has 0 bridgehead atoms. The largest absolute Gasteiger partial charge is 0.480 e. The number of nitrogens with two attached hydrogens (primary N) is 2. The van der Waals surface area contributed by atoms with Crippen LogP contribution in [0.5, 0.6) is 0 Å². The number of carboxylic acid groups (broad SMARTS) is 1. The van der Waals surface area contributed by atoms with Crippen molar-refractivity contribution >= 4 is 29.6 Å². The summed E-state index contributed by atoms with van der Waals surface area (Å²) in [5, 5.41) is 13.6. The van der Waals surface area contributed by atoms with Crippen molar-refractivity contribution in [2.75, 3.05) is 6.54 Å². The van der Waals surface area contributed by atoms with Gasteiger partial charge in [-0.15, -0.1) is 0 Å². The Labute approximate surface area is 150 Å². The average molecular weight is 371 g/mol. The molecule has 1 saturated heterocycles. The van der Waals surface area contributed by atoms with Crippen LogP contribution in [0.1, 0.15) is 33.1 Å². The van der Waals surface area contributed by atoms with Crippen LogP contribution in [0.15, 0.2) is 0 Å². The number of likely N-dealkylation sites (tertiary alicyclic amines) is 1.